The lowest BCUT2D eigenvalue weighted by Crippen LogP contribution is -2.10. The molecule has 0 aliphatic rings. The van der Waals surface area contributed by atoms with Crippen molar-refractivity contribution in [3.63, 3.8) is 0 Å². The molecule has 2 heterocycles. The van der Waals surface area contributed by atoms with Gasteiger partial charge in [-0.1, -0.05) is 115 Å². The molecule has 0 atom stereocenters. The van der Waals surface area contributed by atoms with Gasteiger partial charge in [0.05, 0.1) is 5.69 Å². The minimum Gasteiger partial charge on any atom is -0.454 e. The van der Waals surface area contributed by atoms with E-state index in [1.165, 1.54) is 58.2 Å². The van der Waals surface area contributed by atoms with Crippen LogP contribution in [0.5, 0.6) is 0 Å². The van der Waals surface area contributed by atoms with Crippen LogP contribution in [0.3, 0.4) is 0 Å². The second-order valence-electron chi connectivity index (χ2n) is 12.1. The molecule has 0 saturated carbocycles. The van der Waals surface area contributed by atoms with E-state index < -0.39 is 0 Å². The fourth-order valence-corrected chi connectivity index (χ4v) is 8.61. The summed E-state index contributed by atoms with van der Waals surface area (Å²) >= 11 is 1.86. The number of hydrogen-bond donors (Lipinski definition) is 0. The smallest absolute Gasteiger partial charge is 0.159 e. The zero-order chi connectivity index (χ0) is 30.9. The minimum absolute atomic E-state index is 0.886. The molecule has 0 amide bonds. The van der Waals surface area contributed by atoms with Gasteiger partial charge in [-0.3, -0.25) is 0 Å². The molecule has 47 heavy (non-hydrogen) atoms. The van der Waals surface area contributed by atoms with Gasteiger partial charge in [-0.05, 0) is 81.2 Å². The number of hydrogen-bond acceptors (Lipinski definition) is 3. The highest BCUT2D eigenvalue weighted by Gasteiger charge is 2.22. The van der Waals surface area contributed by atoms with Crippen molar-refractivity contribution in [1.82, 2.24) is 0 Å². The van der Waals surface area contributed by atoms with E-state index in [-0.39, 0.29) is 0 Å². The van der Waals surface area contributed by atoms with E-state index in [0.717, 1.165) is 33.6 Å². The van der Waals surface area contributed by atoms with Gasteiger partial charge in [-0.15, -0.1) is 11.3 Å². The first-order chi connectivity index (χ1) is 23.3. The van der Waals surface area contributed by atoms with Gasteiger partial charge in [0, 0.05) is 42.3 Å². The fourth-order valence-electron chi connectivity index (χ4n) is 7.34. The number of furan rings is 1. The molecular formula is C44H27NOS. The zero-order valence-electron chi connectivity index (χ0n) is 25.4. The standard InChI is InChI=1S/C44H27NOS/c1-2-15-31(16-3-1)45(32-17-8-14-30(27-32)34-20-9-13-28-11-4-6-18-33(28)34)38-22-10-21-36-42-39(46-43(36)38)25-24-37-41-35-19-7-5-12-29(35)23-26-40(41)47-44(37)42/h1-27H. The predicted octanol–water partition coefficient (Wildman–Crippen LogP) is 13.4. The number of nitrogens with zero attached hydrogens (tertiary/aromatic N) is 1. The molecule has 0 saturated heterocycles. The first-order valence-electron chi connectivity index (χ1n) is 15.9. The summed E-state index contributed by atoms with van der Waals surface area (Å²) in [4.78, 5) is 2.33. The molecule has 0 aliphatic heterocycles. The van der Waals surface area contributed by atoms with Crippen LogP contribution < -0.4 is 4.90 Å². The summed E-state index contributed by atoms with van der Waals surface area (Å²) < 4.78 is 9.41. The molecule has 0 aliphatic carbocycles. The largest absolute Gasteiger partial charge is 0.454 e. The molecule has 0 fully saturated rings. The molecule has 3 heteroatoms. The summed E-state index contributed by atoms with van der Waals surface area (Å²) in [7, 11) is 0. The van der Waals surface area contributed by atoms with Crippen LogP contribution in [0.25, 0.3) is 74.8 Å². The van der Waals surface area contributed by atoms with Crippen molar-refractivity contribution in [3.05, 3.63) is 164 Å². The van der Waals surface area contributed by atoms with Crippen molar-refractivity contribution in [2.45, 2.75) is 0 Å². The third-order valence-corrected chi connectivity index (χ3v) is 10.6. The quantitative estimate of drug-likeness (QED) is 0.195. The Labute approximate surface area is 275 Å². The Morgan fingerprint density at radius 1 is 0.468 bits per heavy atom. The van der Waals surface area contributed by atoms with Crippen LogP contribution in [-0.2, 0) is 0 Å². The van der Waals surface area contributed by atoms with Crippen LogP contribution >= 0.6 is 11.3 Å². The van der Waals surface area contributed by atoms with Crippen LogP contribution in [0, 0.1) is 0 Å². The molecule has 0 spiro atoms. The Balaban J connectivity index is 1.22. The SMILES string of the molecule is c1ccc(N(c2cccc(-c3cccc4ccccc34)c2)c2cccc3c2oc2ccc4c(sc5ccc6ccccc6c54)c23)cc1. The van der Waals surface area contributed by atoms with Crippen LogP contribution in [0.15, 0.2) is 168 Å². The molecule has 2 nitrogen and oxygen atoms in total. The second-order valence-corrected chi connectivity index (χ2v) is 13.1. The molecular weight excluding hydrogens is 591 g/mol. The van der Waals surface area contributed by atoms with Gasteiger partial charge in [0.25, 0.3) is 0 Å². The first kappa shape index (κ1) is 26.3. The summed E-state index contributed by atoms with van der Waals surface area (Å²) in [6.07, 6.45) is 0. The van der Waals surface area contributed by atoms with Crippen LogP contribution in [0.4, 0.5) is 17.1 Å². The number of para-hydroxylation sites is 2. The Morgan fingerprint density at radius 2 is 1.17 bits per heavy atom. The molecule has 2 aromatic heterocycles. The van der Waals surface area contributed by atoms with E-state index in [4.69, 9.17) is 4.42 Å². The molecule has 10 rings (SSSR count). The van der Waals surface area contributed by atoms with E-state index in [2.05, 4.69) is 169 Å². The summed E-state index contributed by atoms with van der Waals surface area (Å²) in [5, 5.41) is 9.97. The van der Waals surface area contributed by atoms with Crippen molar-refractivity contribution < 1.29 is 4.42 Å². The molecule has 0 radical (unpaired) electrons. The van der Waals surface area contributed by atoms with Gasteiger partial charge in [-0.2, -0.15) is 0 Å². The third-order valence-electron chi connectivity index (χ3n) is 9.43. The normalized spacial score (nSPS) is 11.8. The van der Waals surface area contributed by atoms with Crippen LogP contribution in [0.2, 0.25) is 0 Å². The average Bonchev–Trinajstić information content (AvgIpc) is 3.71. The van der Waals surface area contributed by atoms with E-state index in [0.29, 0.717) is 0 Å². The summed E-state index contributed by atoms with van der Waals surface area (Å²) in [5.41, 5.74) is 7.36. The van der Waals surface area contributed by atoms with E-state index in [1.807, 2.05) is 11.3 Å². The third kappa shape index (κ3) is 4.04. The zero-order valence-corrected chi connectivity index (χ0v) is 26.2. The van der Waals surface area contributed by atoms with Gasteiger partial charge < -0.3 is 9.32 Å². The van der Waals surface area contributed by atoms with Gasteiger partial charge in [0.2, 0.25) is 0 Å². The van der Waals surface area contributed by atoms with Gasteiger partial charge in [0.15, 0.2) is 5.58 Å². The molecule has 0 N–H and O–H groups in total. The highest BCUT2D eigenvalue weighted by Crippen LogP contribution is 2.48. The summed E-state index contributed by atoms with van der Waals surface area (Å²) in [5.74, 6) is 0. The van der Waals surface area contributed by atoms with Crippen molar-refractivity contribution in [3.8, 4) is 11.1 Å². The maximum Gasteiger partial charge on any atom is 0.159 e. The molecule has 220 valence electrons. The second kappa shape index (κ2) is 10.3. The lowest BCUT2D eigenvalue weighted by molar-refractivity contribution is 0.669. The van der Waals surface area contributed by atoms with Crippen molar-refractivity contribution in [1.29, 1.82) is 0 Å². The number of thiophene rings is 1. The Morgan fingerprint density at radius 3 is 2.06 bits per heavy atom. The number of anilines is 3. The maximum absolute atomic E-state index is 6.84. The van der Waals surface area contributed by atoms with Crippen LogP contribution in [0.1, 0.15) is 0 Å². The molecule has 0 bridgehead atoms. The predicted molar refractivity (Wildman–Crippen MR) is 202 cm³/mol. The van der Waals surface area contributed by atoms with Crippen molar-refractivity contribution in [2.75, 3.05) is 4.90 Å². The van der Waals surface area contributed by atoms with Gasteiger partial charge in [0.1, 0.15) is 5.58 Å². The minimum atomic E-state index is 0.886. The Hall–Kier alpha value is -5.90. The monoisotopic (exact) mass is 617 g/mol. The van der Waals surface area contributed by atoms with E-state index in [9.17, 15) is 0 Å². The topological polar surface area (TPSA) is 16.4 Å². The first-order valence-corrected chi connectivity index (χ1v) is 16.7. The Bertz CT molecular complexity index is 2800. The van der Waals surface area contributed by atoms with Gasteiger partial charge >= 0.3 is 0 Å². The van der Waals surface area contributed by atoms with Crippen molar-refractivity contribution >= 4 is 92.1 Å². The van der Waals surface area contributed by atoms with E-state index >= 15 is 0 Å². The van der Waals surface area contributed by atoms with Gasteiger partial charge in [-0.25, -0.2) is 0 Å². The lowest BCUT2D eigenvalue weighted by Gasteiger charge is -2.26. The fraction of sp³-hybridized carbons (Fsp3) is 0. The lowest BCUT2D eigenvalue weighted by atomic mass is 9.97. The Kier molecular flexibility index (Phi) is 5.78. The number of fused-ring (bicyclic) bond motifs is 10. The van der Waals surface area contributed by atoms with Crippen LogP contribution in [-0.4, -0.2) is 0 Å². The van der Waals surface area contributed by atoms with Crippen molar-refractivity contribution in [2.24, 2.45) is 0 Å². The average molecular weight is 618 g/mol. The number of benzene rings is 8. The van der Waals surface area contributed by atoms with E-state index in [1.54, 1.807) is 0 Å². The highest BCUT2D eigenvalue weighted by molar-refractivity contribution is 7.27. The maximum atomic E-state index is 6.84. The molecule has 10 aromatic rings. The number of rotatable bonds is 4. The molecule has 0 unspecified atom stereocenters. The molecule has 8 aromatic carbocycles. The summed E-state index contributed by atoms with van der Waals surface area (Å²) in [6, 6.07) is 58.7. The highest BCUT2D eigenvalue weighted by atomic mass is 32.1. The summed E-state index contributed by atoms with van der Waals surface area (Å²) in [6.45, 7) is 0.